The van der Waals surface area contributed by atoms with Crippen LogP contribution in [0.25, 0.3) is 21.9 Å². The van der Waals surface area contributed by atoms with Crippen LogP contribution in [0.4, 0.5) is 0 Å². The SMILES string of the molecule is COc1cn(Cc2ccc3cc(OCc4ccccc4)ccc3c2)cc1-c1ccccc1. The normalized spacial score (nSPS) is 10.9. The second kappa shape index (κ2) is 9.03. The molecule has 0 unspecified atom stereocenters. The van der Waals surface area contributed by atoms with Crippen molar-refractivity contribution < 1.29 is 9.47 Å². The molecule has 1 heterocycles. The van der Waals surface area contributed by atoms with Gasteiger partial charge >= 0.3 is 0 Å². The predicted octanol–water partition coefficient (Wildman–Crippen LogP) is 6.94. The summed E-state index contributed by atoms with van der Waals surface area (Å²) in [6.07, 6.45) is 4.21. The molecule has 0 saturated heterocycles. The number of nitrogens with zero attached hydrogens (tertiary/aromatic N) is 1. The molecule has 0 aliphatic carbocycles. The third kappa shape index (κ3) is 4.37. The molecule has 0 amide bonds. The Balaban J connectivity index is 1.33. The van der Waals surface area contributed by atoms with Gasteiger partial charge in [0.25, 0.3) is 0 Å². The highest BCUT2D eigenvalue weighted by Gasteiger charge is 2.10. The predicted molar refractivity (Wildman–Crippen MR) is 130 cm³/mol. The van der Waals surface area contributed by atoms with Gasteiger partial charge in [0.2, 0.25) is 0 Å². The average molecular weight is 420 g/mol. The highest BCUT2D eigenvalue weighted by atomic mass is 16.5. The molecular formula is C29H25NO2. The van der Waals surface area contributed by atoms with Crippen LogP contribution in [0.15, 0.2) is 109 Å². The van der Waals surface area contributed by atoms with Gasteiger partial charge in [0.05, 0.1) is 7.11 Å². The highest BCUT2D eigenvalue weighted by Crippen LogP contribution is 2.31. The third-order valence-electron chi connectivity index (χ3n) is 5.64. The average Bonchev–Trinajstić information content (AvgIpc) is 3.26. The number of hydrogen-bond donors (Lipinski definition) is 0. The Morgan fingerprint density at radius 1 is 0.688 bits per heavy atom. The molecule has 3 nitrogen and oxygen atoms in total. The number of ether oxygens (including phenoxy) is 2. The zero-order chi connectivity index (χ0) is 21.8. The van der Waals surface area contributed by atoms with E-state index in [1.54, 1.807) is 7.11 Å². The Kier molecular flexibility index (Phi) is 5.63. The summed E-state index contributed by atoms with van der Waals surface area (Å²) in [5.41, 5.74) is 4.67. The van der Waals surface area contributed by atoms with Crippen molar-refractivity contribution in [1.82, 2.24) is 4.57 Å². The molecule has 0 saturated carbocycles. The smallest absolute Gasteiger partial charge is 0.144 e. The number of benzene rings is 4. The first-order valence-electron chi connectivity index (χ1n) is 10.8. The minimum atomic E-state index is 0.573. The largest absolute Gasteiger partial charge is 0.495 e. The Morgan fingerprint density at radius 3 is 2.19 bits per heavy atom. The highest BCUT2D eigenvalue weighted by molar-refractivity contribution is 5.84. The number of hydrogen-bond acceptors (Lipinski definition) is 2. The van der Waals surface area contributed by atoms with Crippen LogP contribution < -0.4 is 9.47 Å². The maximum Gasteiger partial charge on any atom is 0.144 e. The molecule has 1 aromatic heterocycles. The fraction of sp³-hybridized carbons (Fsp3) is 0.103. The van der Waals surface area contributed by atoms with E-state index in [9.17, 15) is 0 Å². The zero-order valence-corrected chi connectivity index (χ0v) is 18.1. The second-order valence-electron chi connectivity index (χ2n) is 7.90. The summed E-state index contributed by atoms with van der Waals surface area (Å²) in [4.78, 5) is 0. The Labute approximate surface area is 188 Å². The Bertz CT molecular complexity index is 1320. The summed E-state index contributed by atoms with van der Waals surface area (Å²) in [6, 6.07) is 33.4. The van der Waals surface area contributed by atoms with E-state index in [1.807, 2.05) is 42.5 Å². The standard InChI is InChI=1S/C29H25NO2/c1-31-29-20-30(19-28(29)24-10-6-3-7-11-24)18-23-12-13-26-17-27(15-14-25(26)16-23)32-21-22-8-4-2-5-9-22/h2-17,19-20H,18,21H2,1H3. The van der Waals surface area contributed by atoms with Crippen molar-refractivity contribution in [3.8, 4) is 22.6 Å². The molecule has 0 bridgehead atoms. The van der Waals surface area contributed by atoms with E-state index in [2.05, 4.69) is 71.6 Å². The minimum Gasteiger partial charge on any atom is -0.495 e. The summed E-state index contributed by atoms with van der Waals surface area (Å²) in [5.74, 6) is 1.77. The first-order valence-corrected chi connectivity index (χ1v) is 10.8. The van der Waals surface area contributed by atoms with E-state index in [1.165, 1.54) is 21.9 Å². The molecule has 5 rings (SSSR count). The summed E-state index contributed by atoms with van der Waals surface area (Å²) in [7, 11) is 1.72. The van der Waals surface area contributed by atoms with Crippen molar-refractivity contribution in [2.75, 3.05) is 7.11 Å². The van der Waals surface area contributed by atoms with Crippen molar-refractivity contribution in [2.45, 2.75) is 13.2 Å². The van der Waals surface area contributed by atoms with Crippen molar-refractivity contribution in [2.24, 2.45) is 0 Å². The van der Waals surface area contributed by atoms with Crippen molar-refractivity contribution in [3.05, 3.63) is 121 Å². The molecule has 0 N–H and O–H groups in total. The van der Waals surface area contributed by atoms with Gasteiger partial charge in [-0.25, -0.2) is 0 Å². The van der Waals surface area contributed by atoms with E-state index < -0.39 is 0 Å². The lowest BCUT2D eigenvalue weighted by atomic mass is 10.1. The quantitative estimate of drug-likeness (QED) is 0.285. The van der Waals surface area contributed by atoms with Crippen LogP contribution in [0.2, 0.25) is 0 Å². The topological polar surface area (TPSA) is 23.4 Å². The van der Waals surface area contributed by atoms with E-state index in [-0.39, 0.29) is 0 Å². The van der Waals surface area contributed by atoms with Crippen molar-refractivity contribution >= 4 is 10.8 Å². The first-order chi connectivity index (χ1) is 15.8. The van der Waals surface area contributed by atoms with Crippen molar-refractivity contribution in [1.29, 1.82) is 0 Å². The molecular weight excluding hydrogens is 394 g/mol. The molecule has 0 spiro atoms. The lowest BCUT2D eigenvalue weighted by Gasteiger charge is -2.09. The molecule has 5 aromatic rings. The number of rotatable bonds is 7. The van der Waals surface area contributed by atoms with Gasteiger partial charge in [-0.2, -0.15) is 0 Å². The summed E-state index contributed by atoms with van der Waals surface area (Å²) in [5, 5.41) is 2.38. The molecule has 3 heteroatoms. The fourth-order valence-electron chi connectivity index (χ4n) is 3.99. The van der Waals surface area contributed by atoms with Gasteiger partial charge in [0.15, 0.2) is 0 Å². The van der Waals surface area contributed by atoms with Crippen LogP contribution in [0.5, 0.6) is 11.5 Å². The van der Waals surface area contributed by atoms with Crippen molar-refractivity contribution in [3.63, 3.8) is 0 Å². The number of aromatic nitrogens is 1. The van der Waals surface area contributed by atoms with Gasteiger partial charge in [0.1, 0.15) is 18.1 Å². The number of methoxy groups -OCH3 is 1. The molecule has 32 heavy (non-hydrogen) atoms. The van der Waals surface area contributed by atoms with E-state index in [0.29, 0.717) is 6.61 Å². The summed E-state index contributed by atoms with van der Waals surface area (Å²) in [6.45, 7) is 1.36. The Morgan fingerprint density at radius 2 is 1.41 bits per heavy atom. The van der Waals surface area contributed by atoms with Gasteiger partial charge in [-0.3, -0.25) is 0 Å². The first kappa shape index (κ1) is 20.0. The maximum absolute atomic E-state index is 5.98. The van der Waals surface area contributed by atoms with Crippen LogP contribution in [-0.4, -0.2) is 11.7 Å². The lowest BCUT2D eigenvalue weighted by molar-refractivity contribution is 0.306. The van der Waals surface area contributed by atoms with E-state index >= 15 is 0 Å². The van der Waals surface area contributed by atoms with Crippen LogP contribution >= 0.6 is 0 Å². The van der Waals surface area contributed by atoms with Gasteiger partial charge in [-0.05, 0) is 45.7 Å². The van der Waals surface area contributed by atoms with Gasteiger partial charge in [0, 0.05) is 24.5 Å². The monoisotopic (exact) mass is 419 g/mol. The molecule has 4 aromatic carbocycles. The Hall–Kier alpha value is -3.98. The fourth-order valence-corrected chi connectivity index (χ4v) is 3.99. The van der Waals surface area contributed by atoms with E-state index in [4.69, 9.17) is 9.47 Å². The summed E-state index contributed by atoms with van der Waals surface area (Å²) < 4.78 is 13.8. The molecule has 0 aliphatic rings. The zero-order valence-electron chi connectivity index (χ0n) is 18.1. The van der Waals surface area contributed by atoms with Crippen LogP contribution in [0, 0.1) is 0 Å². The maximum atomic E-state index is 5.98. The summed E-state index contributed by atoms with van der Waals surface area (Å²) >= 11 is 0. The van der Waals surface area contributed by atoms with Gasteiger partial charge in [-0.15, -0.1) is 0 Å². The molecule has 0 fully saturated rings. The van der Waals surface area contributed by atoms with Gasteiger partial charge < -0.3 is 14.0 Å². The molecule has 158 valence electrons. The molecule has 0 aliphatic heterocycles. The lowest BCUT2D eigenvalue weighted by Crippen LogP contribution is -1.97. The van der Waals surface area contributed by atoms with Crippen LogP contribution in [-0.2, 0) is 13.2 Å². The molecule has 0 atom stereocenters. The second-order valence-corrected chi connectivity index (χ2v) is 7.90. The van der Waals surface area contributed by atoms with Gasteiger partial charge in [-0.1, -0.05) is 78.9 Å². The van der Waals surface area contributed by atoms with Crippen LogP contribution in [0.1, 0.15) is 11.1 Å². The van der Waals surface area contributed by atoms with E-state index in [0.717, 1.165) is 29.2 Å². The minimum absolute atomic E-state index is 0.573. The number of fused-ring (bicyclic) bond motifs is 1. The third-order valence-corrected chi connectivity index (χ3v) is 5.64. The molecule has 0 radical (unpaired) electrons. The van der Waals surface area contributed by atoms with Crippen LogP contribution in [0.3, 0.4) is 0 Å².